The lowest BCUT2D eigenvalue weighted by Crippen LogP contribution is -2.14. The van der Waals surface area contributed by atoms with Crippen molar-refractivity contribution in [1.82, 2.24) is 4.98 Å². The predicted octanol–water partition coefficient (Wildman–Crippen LogP) is 3.72. The molecule has 2 N–H and O–H groups in total. The Labute approximate surface area is 157 Å². The Morgan fingerprint density at radius 2 is 1.78 bits per heavy atom. The molecule has 6 heteroatoms. The number of pyridine rings is 1. The number of benzene rings is 2. The van der Waals surface area contributed by atoms with Crippen molar-refractivity contribution in [3.63, 3.8) is 0 Å². The maximum Gasteiger partial charge on any atom is 0.274 e. The topological polar surface area (TPSA) is 72.5 Å². The number of hydrogen-bond acceptors (Lipinski definition) is 5. The second-order valence-corrected chi connectivity index (χ2v) is 6.12. The second-order valence-electron chi connectivity index (χ2n) is 6.12. The summed E-state index contributed by atoms with van der Waals surface area (Å²) in [6.45, 7) is 1.00. The van der Waals surface area contributed by atoms with Crippen molar-refractivity contribution in [3.05, 3.63) is 78.1 Å². The van der Waals surface area contributed by atoms with Gasteiger partial charge in [-0.05, 0) is 36.2 Å². The zero-order valence-electron chi connectivity index (χ0n) is 14.6. The summed E-state index contributed by atoms with van der Waals surface area (Å²) in [4.78, 5) is 16.6. The molecule has 0 aliphatic carbocycles. The van der Waals surface area contributed by atoms with Gasteiger partial charge in [0.2, 0.25) is 6.79 Å². The molecule has 2 aromatic carbocycles. The first kappa shape index (κ1) is 16.9. The van der Waals surface area contributed by atoms with Crippen molar-refractivity contribution >= 4 is 17.3 Å². The third kappa shape index (κ3) is 4.17. The minimum Gasteiger partial charge on any atom is -0.454 e. The summed E-state index contributed by atoms with van der Waals surface area (Å²) >= 11 is 0. The van der Waals surface area contributed by atoms with Gasteiger partial charge in [0.1, 0.15) is 5.69 Å². The number of carbonyl (C=O) groups is 1. The molecule has 1 aliphatic heterocycles. The maximum absolute atomic E-state index is 12.4. The normalized spacial score (nSPS) is 11.9. The van der Waals surface area contributed by atoms with Gasteiger partial charge in [0.05, 0.1) is 11.9 Å². The van der Waals surface area contributed by atoms with Crippen LogP contribution in [0.3, 0.4) is 0 Å². The number of aromatic nitrogens is 1. The number of hydrogen-bond donors (Lipinski definition) is 2. The highest BCUT2D eigenvalue weighted by atomic mass is 16.7. The number of nitrogens with zero attached hydrogens (tertiary/aromatic N) is 1. The summed E-state index contributed by atoms with van der Waals surface area (Å²) in [6, 6.07) is 19.1. The second kappa shape index (κ2) is 7.78. The summed E-state index contributed by atoms with van der Waals surface area (Å²) in [5, 5.41) is 6.13. The van der Waals surface area contributed by atoms with Crippen LogP contribution < -0.4 is 20.1 Å². The van der Waals surface area contributed by atoms with Gasteiger partial charge in [0.25, 0.3) is 5.91 Å². The van der Waals surface area contributed by atoms with Gasteiger partial charge in [-0.3, -0.25) is 4.79 Å². The molecule has 3 aromatic rings. The van der Waals surface area contributed by atoms with Gasteiger partial charge < -0.3 is 20.1 Å². The molecule has 0 bridgehead atoms. The number of carbonyl (C=O) groups excluding carboxylic acids is 1. The Morgan fingerprint density at radius 3 is 2.59 bits per heavy atom. The van der Waals surface area contributed by atoms with E-state index in [0.29, 0.717) is 22.9 Å². The average Bonchev–Trinajstić information content (AvgIpc) is 3.17. The van der Waals surface area contributed by atoms with Crippen LogP contribution >= 0.6 is 0 Å². The van der Waals surface area contributed by atoms with Crippen molar-refractivity contribution in [3.8, 4) is 11.5 Å². The first-order chi connectivity index (χ1) is 13.3. The van der Waals surface area contributed by atoms with Crippen LogP contribution in [-0.2, 0) is 6.42 Å². The molecule has 1 aromatic heterocycles. The highest BCUT2D eigenvalue weighted by molar-refractivity contribution is 6.03. The fourth-order valence-electron chi connectivity index (χ4n) is 2.80. The Kier molecular flexibility index (Phi) is 4.87. The molecular weight excluding hydrogens is 342 g/mol. The van der Waals surface area contributed by atoms with E-state index in [-0.39, 0.29) is 12.7 Å². The molecule has 0 saturated heterocycles. The number of anilines is 2. The molecule has 0 saturated carbocycles. The van der Waals surface area contributed by atoms with E-state index in [2.05, 4.69) is 27.8 Å². The Morgan fingerprint density at radius 1 is 0.963 bits per heavy atom. The highest BCUT2D eigenvalue weighted by Gasteiger charge is 2.15. The molecule has 27 heavy (non-hydrogen) atoms. The third-order valence-corrected chi connectivity index (χ3v) is 4.21. The van der Waals surface area contributed by atoms with Crippen LogP contribution in [0.15, 0.2) is 66.9 Å². The zero-order valence-corrected chi connectivity index (χ0v) is 14.6. The minimum atomic E-state index is -0.273. The van der Waals surface area contributed by atoms with E-state index in [1.807, 2.05) is 24.3 Å². The molecule has 6 nitrogen and oxygen atoms in total. The van der Waals surface area contributed by atoms with Gasteiger partial charge in [-0.15, -0.1) is 0 Å². The van der Waals surface area contributed by atoms with Crippen LogP contribution in [-0.4, -0.2) is 24.2 Å². The van der Waals surface area contributed by atoms with Crippen LogP contribution in [0.25, 0.3) is 0 Å². The molecule has 0 radical (unpaired) electrons. The lowest BCUT2D eigenvalue weighted by atomic mass is 10.1. The van der Waals surface area contributed by atoms with Crippen molar-refractivity contribution in [2.45, 2.75) is 6.42 Å². The number of amides is 1. The Bertz CT molecular complexity index is 927. The SMILES string of the molecule is O=C(Nc1ccc2c(c1)OCO2)c1ccc(NCCc2ccccc2)cn1. The fourth-order valence-corrected chi connectivity index (χ4v) is 2.80. The number of nitrogens with one attached hydrogen (secondary N) is 2. The quantitative estimate of drug-likeness (QED) is 0.700. The first-order valence-electron chi connectivity index (χ1n) is 8.73. The molecular formula is C21H19N3O3. The Hall–Kier alpha value is -3.54. The van der Waals surface area contributed by atoms with Crippen molar-refractivity contribution < 1.29 is 14.3 Å². The molecule has 0 unspecified atom stereocenters. The third-order valence-electron chi connectivity index (χ3n) is 4.21. The van der Waals surface area contributed by atoms with Crippen LogP contribution in [0.5, 0.6) is 11.5 Å². The summed E-state index contributed by atoms with van der Waals surface area (Å²) < 4.78 is 10.6. The van der Waals surface area contributed by atoms with Crippen LogP contribution in [0.2, 0.25) is 0 Å². The largest absolute Gasteiger partial charge is 0.454 e. The molecule has 0 spiro atoms. The van der Waals surface area contributed by atoms with E-state index >= 15 is 0 Å². The molecule has 2 heterocycles. The van der Waals surface area contributed by atoms with Gasteiger partial charge in [-0.25, -0.2) is 4.98 Å². The van der Waals surface area contributed by atoms with E-state index in [0.717, 1.165) is 18.7 Å². The van der Waals surface area contributed by atoms with Crippen LogP contribution in [0.4, 0.5) is 11.4 Å². The van der Waals surface area contributed by atoms with E-state index in [4.69, 9.17) is 9.47 Å². The van der Waals surface area contributed by atoms with Gasteiger partial charge in [0.15, 0.2) is 11.5 Å². The van der Waals surface area contributed by atoms with E-state index in [1.165, 1.54) is 5.56 Å². The maximum atomic E-state index is 12.4. The molecule has 0 atom stereocenters. The van der Waals surface area contributed by atoms with Gasteiger partial charge in [-0.2, -0.15) is 0 Å². The summed E-state index contributed by atoms with van der Waals surface area (Å²) in [7, 11) is 0. The standard InChI is InChI=1S/C21H19N3O3/c25-21(24-16-7-9-19-20(12-16)27-14-26-19)18-8-6-17(13-23-18)22-11-10-15-4-2-1-3-5-15/h1-9,12-13,22H,10-11,14H2,(H,24,25). The number of ether oxygens (including phenoxy) is 2. The molecule has 136 valence electrons. The van der Waals surface area contributed by atoms with E-state index in [9.17, 15) is 4.79 Å². The summed E-state index contributed by atoms with van der Waals surface area (Å²) in [5.74, 6) is 1.03. The van der Waals surface area contributed by atoms with Crippen LogP contribution in [0, 0.1) is 0 Å². The van der Waals surface area contributed by atoms with Crippen molar-refractivity contribution in [2.24, 2.45) is 0 Å². The number of fused-ring (bicyclic) bond motifs is 1. The van der Waals surface area contributed by atoms with Crippen LogP contribution in [0.1, 0.15) is 16.1 Å². The Balaban J connectivity index is 1.32. The highest BCUT2D eigenvalue weighted by Crippen LogP contribution is 2.34. The minimum absolute atomic E-state index is 0.201. The lowest BCUT2D eigenvalue weighted by Gasteiger charge is -2.08. The number of rotatable bonds is 6. The predicted molar refractivity (Wildman–Crippen MR) is 103 cm³/mol. The molecule has 1 amide bonds. The summed E-state index contributed by atoms with van der Waals surface area (Å²) in [5.41, 5.74) is 3.14. The van der Waals surface area contributed by atoms with Gasteiger partial charge >= 0.3 is 0 Å². The monoisotopic (exact) mass is 361 g/mol. The first-order valence-corrected chi connectivity index (χ1v) is 8.73. The van der Waals surface area contributed by atoms with E-state index in [1.54, 1.807) is 30.5 Å². The van der Waals surface area contributed by atoms with Gasteiger partial charge in [-0.1, -0.05) is 30.3 Å². The average molecular weight is 361 g/mol. The van der Waals surface area contributed by atoms with Crippen molar-refractivity contribution in [2.75, 3.05) is 24.0 Å². The van der Waals surface area contributed by atoms with E-state index < -0.39 is 0 Å². The molecule has 1 aliphatic rings. The molecule has 4 rings (SSSR count). The summed E-state index contributed by atoms with van der Waals surface area (Å²) in [6.07, 6.45) is 2.59. The molecule has 0 fully saturated rings. The smallest absolute Gasteiger partial charge is 0.274 e. The fraction of sp³-hybridized carbons (Fsp3) is 0.143. The van der Waals surface area contributed by atoms with Crippen molar-refractivity contribution in [1.29, 1.82) is 0 Å². The zero-order chi connectivity index (χ0) is 18.5. The van der Waals surface area contributed by atoms with Gasteiger partial charge in [0, 0.05) is 18.3 Å². The lowest BCUT2D eigenvalue weighted by molar-refractivity contribution is 0.102.